The highest BCUT2D eigenvalue weighted by atomic mass is 35.5. The molecule has 0 saturated heterocycles. The number of nitrogens with zero attached hydrogens (tertiary/aromatic N) is 2. The number of hydrogen-bond donors (Lipinski definition) is 2. The van der Waals surface area contributed by atoms with Crippen molar-refractivity contribution in [3.8, 4) is 0 Å². The molecule has 3 aromatic rings. The van der Waals surface area contributed by atoms with Crippen LogP contribution in [0.2, 0.25) is 5.02 Å². The van der Waals surface area contributed by atoms with Gasteiger partial charge in [-0.2, -0.15) is 0 Å². The van der Waals surface area contributed by atoms with Gasteiger partial charge in [0.2, 0.25) is 0 Å². The van der Waals surface area contributed by atoms with Gasteiger partial charge in [-0.15, -0.1) is 0 Å². The van der Waals surface area contributed by atoms with Crippen molar-refractivity contribution >= 4 is 38.8 Å². The first kappa shape index (κ1) is 17.2. The number of urea groups is 1. The Morgan fingerprint density at radius 2 is 2.08 bits per heavy atom. The van der Waals surface area contributed by atoms with Gasteiger partial charge in [0.15, 0.2) is 9.84 Å². The molecule has 7 nitrogen and oxygen atoms in total. The van der Waals surface area contributed by atoms with Crippen molar-refractivity contribution in [1.29, 1.82) is 0 Å². The molecule has 2 N–H and O–H groups in total. The predicted molar refractivity (Wildman–Crippen MR) is 95.6 cm³/mol. The number of carbonyl (C=O) groups is 1. The van der Waals surface area contributed by atoms with Crippen LogP contribution in [0.1, 0.15) is 5.56 Å². The van der Waals surface area contributed by atoms with Gasteiger partial charge in [-0.1, -0.05) is 17.7 Å². The minimum Gasteiger partial charge on any atom is -0.334 e. The number of rotatable bonds is 4. The Kier molecular flexibility index (Phi) is 4.65. The molecule has 130 valence electrons. The molecule has 3 rings (SSSR count). The summed E-state index contributed by atoms with van der Waals surface area (Å²) in [5, 5.41) is 5.54. The van der Waals surface area contributed by atoms with Crippen molar-refractivity contribution in [2.45, 2.75) is 11.4 Å². The smallest absolute Gasteiger partial charge is 0.319 e. The minimum absolute atomic E-state index is 0.0657. The third-order valence-corrected chi connectivity index (χ3v) is 5.08. The van der Waals surface area contributed by atoms with Crippen LogP contribution < -0.4 is 10.6 Å². The van der Waals surface area contributed by atoms with Crippen LogP contribution in [0.5, 0.6) is 0 Å². The zero-order valence-corrected chi connectivity index (χ0v) is 14.8. The lowest BCUT2D eigenvalue weighted by molar-refractivity contribution is 0.251. The van der Waals surface area contributed by atoms with Gasteiger partial charge in [0.1, 0.15) is 5.65 Å². The first-order valence-corrected chi connectivity index (χ1v) is 9.56. The summed E-state index contributed by atoms with van der Waals surface area (Å²) in [4.78, 5) is 16.2. The predicted octanol–water partition coefficient (Wildman–Crippen LogP) is 2.71. The second-order valence-corrected chi connectivity index (χ2v) is 7.85. The molecule has 0 aliphatic rings. The molecule has 2 amide bonds. The van der Waals surface area contributed by atoms with Crippen LogP contribution in [0, 0.1) is 0 Å². The molecule has 0 saturated carbocycles. The number of anilines is 1. The first-order chi connectivity index (χ1) is 11.8. The van der Waals surface area contributed by atoms with Crippen LogP contribution in [0.3, 0.4) is 0 Å². The maximum atomic E-state index is 12.0. The number of pyridine rings is 1. The molecule has 0 atom stereocenters. The van der Waals surface area contributed by atoms with Gasteiger partial charge in [-0.3, -0.25) is 0 Å². The van der Waals surface area contributed by atoms with Gasteiger partial charge in [0.05, 0.1) is 15.6 Å². The first-order valence-electron chi connectivity index (χ1n) is 7.29. The van der Waals surface area contributed by atoms with E-state index >= 15 is 0 Å². The van der Waals surface area contributed by atoms with E-state index in [4.69, 9.17) is 11.6 Å². The van der Waals surface area contributed by atoms with E-state index in [9.17, 15) is 13.2 Å². The van der Waals surface area contributed by atoms with Gasteiger partial charge < -0.3 is 15.0 Å². The Morgan fingerprint density at radius 3 is 2.80 bits per heavy atom. The number of nitrogens with one attached hydrogen (secondary N) is 2. The third-order valence-electron chi connectivity index (χ3n) is 3.50. The minimum atomic E-state index is -3.37. The number of sulfone groups is 1. The zero-order chi connectivity index (χ0) is 18.0. The van der Waals surface area contributed by atoms with Gasteiger partial charge >= 0.3 is 6.03 Å². The number of carbonyl (C=O) groups excluding carboxylic acids is 1. The van der Waals surface area contributed by atoms with Gasteiger partial charge in [0.25, 0.3) is 0 Å². The Morgan fingerprint density at radius 1 is 1.28 bits per heavy atom. The summed E-state index contributed by atoms with van der Waals surface area (Å²) in [5.74, 6) is 0. The Labute approximate surface area is 149 Å². The van der Waals surface area contributed by atoms with E-state index in [1.165, 1.54) is 12.1 Å². The monoisotopic (exact) mass is 378 g/mol. The molecule has 0 aliphatic carbocycles. The maximum Gasteiger partial charge on any atom is 0.319 e. The standard InChI is InChI=1S/C16H15ClN4O3S/c1-25(23,24)14-4-2-11(8-13(14)17)9-19-16(22)20-12-3-5-15-18-6-7-21(15)10-12/h2-8,10H,9H2,1H3,(H2,19,20,22). The molecule has 25 heavy (non-hydrogen) atoms. The fourth-order valence-electron chi connectivity index (χ4n) is 2.31. The molecule has 0 fully saturated rings. The zero-order valence-electron chi connectivity index (χ0n) is 13.2. The highest BCUT2D eigenvalue weighted by Gasteiger charge is 2.12. The van der Waals surface area contributed by atoms with E-state index in [1.54, 1.807) is 41.2 Å². The molecule has 0 radical (unpaired) electrons. The molecule has 0 aliphatic heterocycles. The van der Waals surface area contributed by atoms with Gasteiger partial charge in [0, 0.05) is 31.4 Å². The van der Waals surface area contributed by atoms with Crippen LogP contribution >= 0.6 is 11.6 Å². The molecule has 1 aromatic carbocycles. The highest BCUT2D eigenvalue weighted by Crippen LogP contribution is 2.22. The molecule has 0 unspecified atom stereocenters. The lowest BCUT2D eigenvalue weighted by atomic mass is 10.2. The summed E-state index contributed by atoms with van der Waals surface area (Å²) >= 11 is 5.99. The molecule has 2 heterocycles. The fraction of sp³-hybridized carbons (Fsp3) is 0.125. The summed E-state index contributed by atoms with van der Waals surface area (Å²) in [7, 11) is -3.37. The molecule has 0 spiro atoms. The summed E-state index contributed by atoms with van der Waals surface area (Å²) in [6, 6.07) is 7.72. The van der Waals surface area contributed by atoms with Crippen LogP contribution in [-0.4, -0.2) is 30.1 Å². The lowest BCUT2D eigenvalue weighted by Crippen LogP contribution is -2.28. The van der Waals surface area contributed by atoms with Crippen molar-refractivity contribution in [1.82, 2.24) is 14.7 Å². The second kappa shape index (κ2) is 6.73. The Balaban J connectivity index is 1.63. The topological polar surface area (TPSA) is 92.6 Å². The Hall–Kier alpha value is -2.58. The largest absolute Gasteiger partial charge is 0.334 e. The van der Waals surface area contributed by atoms with E-state index in [-0.39, 0.29) is 22.5 Å². The average molecular weight is 379 g/mol. The molecule has 0 bridgehead atoms. The van der Waals surface area contributed by atoms with E-state index in [1.807, 2.05) is 0 Å². The normalized spacial score (nSPS) is 11.4. The number of aromatic nitrogens is 2. The number of amides is 2. The van der Waals surface area contributed by atoms with E-state index in [0.29, 0.717) is 11.3 Å². The van der Waals surface area contributed by atoms with E-state index in [0.717, 1.165) is 11.9 Å². The summed E-state index contributed by atoms with van der Waals surface area (Å²) in [6.07, 6.45) is 6.29. The molecule has 2 aromatic heterocycles. The maximum absolute atomic E-state index is 12.0. The van der Waals surface area contributed by atoms with Crippen LogP contribution in [0.4, 0.5) is 10.5 Å². The molecular formula is C16H15ClN4O3S. The van der Waals surface area contributed by atoms with Crippen molar-refractivity contribution < 1.29 is 13.2 Å². The number of fused-ring (bicyclic) bond motifs is 1. The molecular weight excluding hydrogens is 364 g/mol. The lowest BCUT2D eigenvalue weighted by Gasteiger charge is -2.09. The number of hydrogen-bond acceptors (Lipinski definition) is 4. The van der Waals surface area contributed by atoms with E-state index in [2.05, 4.69) is 15.6 Å². The fourth-order valence-corrected chi connectivity index (χ4v) is 3.66. The van der Waals surface area contributed by atoms with E-state index < -0.39 is 9.84 Å². The van der Waals surface area contributed by atoms with Crippen molar-refractivity contribution in [3.63, 3.8) is 0 Å². The van der Waals surface area contributed by atoms with Crippen molar-refractivity contribution in [3.05, 3.63) is 59.5 Å². The Bertz CT molecular complexity index is 1050. The quantitative estimate of drug-likeness (QED) is 0.730. The third kappa shape index (κ3) is 4.09. The van der Waals surface area contributed by atoms with Crippen LogP contribution in [-0.2, 0) is 16.4 Å². The number of halogens is 1. The summed E-state index contributed by atoms with van der Waals surface area (Å²) in [6.45, 7) is 0.211. The van der Waals surface area contributed by atoms with Crippen LogP contribution in [0.25, 0.3) is 5.65 Å². The second-order valence-electron chi connectivity index (χ2n) is 5.46. The number of imidazole rings is 1. The summed E-state index contributed by atoms with van der Waals surface area (Å²) < 4.78 is 24.9. The van der Waals surface area contributed by atoms with Crippen molar-refractivity contribution in [2.24, 2.45) is 0 Å². The van der Waals surface area contributed by atoms with Crippen LogP contribution in [0.15, 0.2) is 53.8 Å². The SMILES string of the molecule is CS(=O)(=O)c1ccc(CNC(=O)Nc2ccc3nccn3c2)cc1Cl. The van der Waals surface area contributed by atoms with Gasteiger partial charge in [-0.05, 0) is 29.8 Å². The number of benzene rings is 1. The van der Waals surface area contributed by atoms with Crippen molar-refractivity contribution in [2.75, 3.05) is 11.6 Å². The summed E-state index contributed by atoms with van der Waals surface area (Å²) in [5.41, 5.74) is 2.10. The average Bonchev–Trinajstić information content (AvgIpc) is 2.99. The molecule has 9 heteroatoms. The van der Waals surface area contributed by atoms with Gasteiger partial charge in [-0.25, -0.2) is 18.2 Å². The highest BCUT2D eigenvalue weighted by molar-refractivity contribution is 7.90.